The molecular weight excluding hydrogens is 316 g/mol. The largest absolute Gasteiger partial charge is 0.495 e. The molecule has 0 spiro atoms. The van der Waals surface area contributed by atoms with Gasteiger partial charge in [-0.15, -0.1) is 0 Å². The summed E-state index contributed by atoms with van der Waals surface area (Å²) in [5.74, 6) is 0.621. The predicted molar refractivity (Wildman–Crippen MR) is 82.4 cm³/mol. The Kier molecular flexibility index (Phi) is 5.16. The lowest BCUT2D eigenvalue weighted by Gasteiger charge is -2.08. The van der Waals surface area contributed by atoms with Crippen molar-refractivity contribution >= 4 is 15.9 Å². The molecule has 0 aliphatic rings. The van der Waals surface area contributed by atoms with Gasteiger partial charge in [-0.25, -0.2) is 0 Å². The molecule has 2 aromatic rings. The molecule has 0 fully saturated rings. The molecule has 2 rings (SSSR count). The van der Waals surface area contributed by atoms with Crippen LogP contribution in [0.1, 0.15) is 16.7 Å². The normalized spacial score (nSPS) is 10.1. The van der Waals surface area contributed by atoms with E-state index in [1.807, 2.05) is 24.3 Å². The van der Waals surface area contributed by atoms with Crippen LogP contribution in [0.25, 0.3) is 0 Å². The van der Waals surface area contributed by atoms with E-state index in [2.05, 4.69) is 39.4 Å². The summed E-state index contributed by atoms with van der Waals surface area (Å²) in [5.41, 5.74) is 2.89. The van der Waals surface area contributed by atoms with Crippen LogP contribution in [0, 0.1) is 11.3 Å². The fraction of sp³-hybridized carbons (Fsp3) is 0.188. The minimum Gasteiger partial charge on any atom is -0.495 e. The molecule has 0 aliphatic carbocycles. The lowest BCUT2D eigenvalue weighted by Crippen LogP contribution is -2.12. The highest BCUT2D eigenvalue weighted by atomic mass is 79.9. The van der Waals surface area contributed by atoms with Gasteiger partial charge >= 0.3 is 0 Å². The molecule has 0 amide bonds. The molecule has 20 heavy (non-hydrogen) atoms. The molecule has 0 aromatic heterocycles. The van der Waals surface area contributed by atoms with Crippen LogP contribution >= 0.6 is 15.9 Å². The van der Waals surface area contributed by atoms with Gasteiger partial charge in [0.1, 0.15) is 11.8 Å². The molecule has 2 aromatic carbocycles. The highest BCUT2D eigenvalue weighted by Gasteiger charge is 2.03. The van der Waals surface area contributed by atoms with Crippen LogP contribution in [0.2, 0.25) is 0 Å². The van der Waals surface area contributed by atoms with Gasteiger partial charge < -0.3 is 10.1 Å². The number of nitriles is 1. The maximum Gasteiger partial charge on any atom is 0.136 e. The molecule has 0 saturated heterocycles. The quantitative estimate of drug-likeness (QED) is 0.910. The van der Waals surface area contributed by atoms with Crippen molar-refractivity contribution in [3.8, 4) is 11.8 Å². The maximum atomic E-state index is 8.94. The van der Waals surface area contributed by atoms with E-state index in [0.717, 1.165) is 23.1 Å². The molecule has 0 saturated carbocycles. The molecular formula is C16H15BrN2O. The molecule has 0 heterocycles. The first-order valence-electron chi connectivity index (χ1n) is 6.25. The van der Waals surface area contributed by atoms with Crippen LogP contribution < -0.4 is 10.1 Å². The third-order valence-electron chi connectivity index (χ3n) is 2.96. The monoisotopic (exact) mass is 330 g/mol. The zero-order chi connectivity index (χ0) is 14.4. The van der Waals surface area contributed by atoms with E-state index in [-0.39, 0.29) is 0 Å². The second-order valence-corrected chi connectivity index (χ2v) is 5.29. The number of hydrogen-bond acceptors (Lipinski definition) is 3. The minimum atomic E-state index is 0.559. The zero-order valence-electron chi connectivity index (χ0n) is 11.2. The Labute approximate surface area is 127 Å². The Morgan fingerprint density at radius 1 is 1.10 bits per heavy atom. The van der Waals surface area contributed by atoms with E-state index in [4.69, 9.17) is 10.00 Å². The maximum absolute atomic E-state index is 8.94. The zero-order valence-corrected chi connectivity index (χ0v) is 12.8. The summed E-state index contributed by atoms with van der Waals surface area (Å²) in [6, 6.07) is 16.0. The summed E-state index contributed by atoms with van der Waals surface area (Å²) in [5, 5.41) is 12.3. The fourth-order valence-electron chi connectivity index (χ4n) is 1.89. The molecule has 102 valence electrons. The van der Waals surface area contributed by atoms with Crippen molar-refractivity contribution < 1.29 is 4.74 Å². The van der Waals surface area contributed by atoms with Crippen molar-refractivity contribution in [2.45, 2.75) is 13.1 Å². The summed E-state index contributed by atoms with van der Waals surface area (Å²) in [4.78, 5) is 0. The number of benzene rings is 2. The second-order valence-electron chi connectivity index (χ2n) is 4.38. The van der Waals surface area contributed by atoms with Crippen molar-refractivity contribution in [2.75, 3.05) is 7.11 Å². The van der Waals surface area contributed by atoms with Crippen molar-refractivity contribution in [1.29, 1.82) is 5.26 Å². The molecule has 1 N–H and O–H groups in total. The Hall–Kier alpha value is -1.83. The molecule has 0 radical (unpaired) electrons. The second kappa shape index (κ2) is 7.09. The summed E-state index contributed by atoms with van der Waals surface area (Å²) in [7, 11) is 1.58. The highest BCUT2D eigenvalue weighted by molar-refractivity contribution is 9.10. The smallest absolute Gasteiger partial charge is 0.136 e. The Morgan fingerprint density at radius 3 is 2.40 bits per heavy atom. The van der Waals surface area contributed by atoms with E-state index in [0.29, 0.717) is 11.3 Å². The van der Waals surface area contributed by atoms with Gasteiger partial charge in [-0.05, 0) is 35.4 Å². The van der Waals surface area contributed by atoms with E-state index in [1.165, 1.54) is 5.56 Å². The van der Waals surface area contributed by atoms with Gasteiger partial charge in [-0.1, -0.05) is 34.1 Å². The SMILES string of the molecule is COc1cc(CNCc2ccc(Br)cc2)ccc1C#N. The standard InChI is InChI=1S/C16H15BrN2O/c1-20-16-8-13(2-5-14(16)9-18)11-19-10-12-3-6-15(17)7-4-12/h2-8,19H,10-11H2,1H3. The summed E-state index contributed by atoms with van der Waals surface area (Å²) in [6.45, 7) is 1.54. The van der Waals surface area contributed by atoms with Crippen LogP contribution in [0.3, 0.4) is 0 Å². The van der Waals surface area contributed by atoms with Crippen molar-refractivity contribution in [3.63, 3.8) is 0 Å². The lowest BCUT2D eigenvalue weighted by molar-refractivity contribution is 0.412. The Morgan fingerprint density at radius 2 is 1.75 bits per heavy atom. The van der Waals surface area contributed by atoms with E-state index in [9.17, 15) is 0 Å². The number of nitrogens with one attached hydrogen (secondary N) is 1. The van der Waals surface area contributed by atoms with Crippen molar-refractivity contribution in [1.82, 2.24) is 5.32 Å². The number of halogens is 1. The molecule has 4 heteroatoms. The number of ether oxygens (including phenoxy) is 1. The molecule has 3 nitrogen and oxygen atoms in total. The van der Waals surface area contributed by atoms with Gasteiger partial charge in [0.25, 0.3) is 0 Å². The van der Waals surface area contributed by atoms with Gasteiger partial charge in [-0.3, -0.25) is 0 Å². The van der Waals surface area contributed by atoms with E-state index in [1.54, 1.807) is 13.2 Å². The third kappa shape index (κ3) is 3.83. The topological polar surface area (TPSA) is 45.0 Å². The molecule has 0 unspecified atom stereocenters. The van der Waals surface area contributed by atoms with Crippen molar-refractivity contribution in [3.05, 3.63) is 63.6 Å². The van der Waals surface area contributed by atoms with Crippen LogP contribution in [0.15, 0.2) is 46.9 Å². The van der Waals surface area contributed by atoms with Gasteiger partial charge in [-0.2, -0.15) is 5.26 Å². The number of methoxy groups -OCH3 is 1. The highest BCUT2D eigenvalue weighted by Crippen LogP contribution is 2.19. The van der Waals surface area contributed by atoms with Gasteiger partial charge in [0.2, 0.25) is 0 Å². The molecule has 0 atom stereocenters. The molecule has 0 bridgehead atoms. The minimum absolute atomic E-state index is 0.559. The van der Waals surface area contributed by atoms with Gasteiger partial charge in [0.15, 0.2) is 0 Å². The fourth-order valence-corrected chi connectivity index (χ4v) is 2.16. The Bertz CT molecular complexity index is 617. The summed E-state index contributed by atoms with van der Waals surface area (Å²) < 4.78 is 6.28. The van der Waals surface area contributed by atoms with E-state index < -0.39 is 0 Å². The number of rotatable bonds is 5. The lowest BCUT2D eigenvalue weighted by atomic mass is 10.1. The van der Waals surface area contributed by atoms with E-state index >= 15 is 0 Å². The summed E-state index contributed by atoms with van der Waals surface area (Å²) in [6.07, 6.45) is 0. The van der Waals surface area contributed by atoms with Gasteiger partial charge in [0, 0.05) is 17.6 Å². The van der Waals surface area contributed by atoms with Crippen molar-refractivity contribution in [2.24, 2.45) is 0 Å². The van der Waals surface area contributed by atoms with Crippen LogP contribution in [0.4, 0.5) is 0 Å². The average molecular weight is 331 g/mol. The first-order chi connectivity index (χ1) is 9.72. The third-order valence-corrected chi connectivity index (χ3v) is 3.49. The van der Waals surface area contributed by atoms with Crippen LogP contribution in [-0.2, 0) is 13.1 Å². The number of nitrogens with zero attached hydrogens (tertiary/aromatic N) is 1. The van der Waals surface area contributed by atoms with Crippen LogP contribution in [0.5, 0.6) is 5.75 Å². The van der Waals surface area contributed by atoms with Crippen LogP contribution in [-0.4, -0.2) is 7.11 Å². The summed E-state index contributed by atoms with van der Waals surface area (Å²) >= 11 is 3.42. The first kappa shape index (κ1) is 14.6. The van der Waals surface area contributed by atoms with Gasteiger partial charge in [0.05, 0.1) is 12.7 Å². The average Bonchev–Trinajstić information content (AvgIpc) is 2.49. The molecule has 0 aliphatic heterocycles. The first-order valence-corrected chi connectivity index (χ1v) is 7.04. The predicted octanol–water partition coefficient (Wildman–Crippen LogP) is 3.62. The Balaban J connectivity index is 1.94. The number of hydrogen-bond donors (Lipinski definition) is 1.